The molecule has 2 aromatic rings. The van der Waals surface area contributed by atoms with E-state index < -0.39 is 5.97 Å². The number of hydrogen-bond acceptors (Lipinski definition) is 5. The summed E-state index contributed by atoms with van der Waals surface area (Å²) in [5, 5.41) is 3.16. The minimum atomic E-state index is -0.502. The predicted octanol–water partition coefficient (Wildman–Crippen LogP) is 4.19. The van der Waals surface area contributed by atoms with Crippen LogP contribution in [0.5, 0.6) is 11.6 Å². The molecule has 0 atom stereocenters. The molecule has 0 fully saturated rings. The third-order valence-electron chi connectivity index (χ3n) is 3.07. The van der Waals surface area contributed by atoms with Crippen molar-refractivity contribution in [2.75, 3.05) is 12.4 Å². The molecule has 0 radical (unpaired) electrons. The fraction of sp³-hybridized carbons (Fsp3) is 0.105. The summed E-state index contributed by atoms with van der Waals surface area (Å²) in [4.78, 5) is 20.0. The molecule has 0 bridgehead atoms. The first kappa shape index (κ1) is 17.9. The number of rotatable bonds is 6. The van der Waals surface area contributed by atoms with Crippen molar-refractivity contribution in [3.63, 3.8) is 0 Å². The van der Waals surface area contributed by atoms with Crippen molar-refractivity contribution in [1.82, 2.24) is 4.98 Å². The van der Waals surface area contributed by atoms with Gasteiger partial charge in [-0.1, -0.05) is 12.7 Å². The van der Waals surface area contributed by atoms with Crippen molar-refractivity contribution >= 4 is 17.5 Å². The molecule has 0 amide bonds. The van der Waals surface area contributed by atoms with E-state index in [9.17, 15) is 4.79 Å². The van der Waals surface area contributed by atoms with Crippen LogP contribution in [-0.4, -0.2) is 23.9 Å². The molecule has 6 heteroatoms. The van der Waals surface area contributed by atoms with Crippen LogP contribution in [0.1, 0.15) is 17.3 Å². The van der Waals surface area contributed by atoms with Crippen LogP contribution in [0.4, 0.5) is 5.69 Å². The lowest BCUT2D eigenvalue weighted by molar-refractivity contribution is 0.0597. The smallest absolute Gasteiger partial charge is 0.343 e. The first-order valence-corrected chi connectivity index (χ1v) is 7.57. The Hall–Kier alpha value is -3.41. The van der Waals surface area contributed by atoms with E-state index >= 15 is 0 Å². The van der Waals surface area contributed by atoms with Crippen LogP contribution in [-0.2, 0) is 4.74 Å². The molecule has 25 heavy (non-hydrogen) atoms. The Morgan fingerprint density at radius 2 is 2.04 bits per heavy atom. The Kier molecular flexibility index (Phi) is 6.47. The Balaban J connectivity index is 2.15. The molecule has 1 aromatic carbocycles. The van der Waals surface area contributed by atoms with Crippen molar-refractivity contribution < 1.29 is 14.3 Å². The standard InChI is InChI=1S/C19H19N3O3/c1-4-7-17(20-5-2)22-14-9-11-15(12-10-14)25-18-16(19(23)24-3)8-6-13-21-18/h4-13H,2H2,1,3H3,(H,20,22)/b7-4-. The summed E-state index contributed by atoms with van der Waals surface area (Å²) in [7, 11) is 1.31. The van der Waals surface area contributed by atoms with E-state index in [0.717, 1.165) is 5.69 Å². The largest absolute Gasteiger partial charge is 0.465 e. The summed E-state index contributed by atoms with van der Waals surface area (Å²) in [6.07, 6.45) is 6.73. The van der Waals surface area contributed by atoms with Crippen molar-refractivity contribution in [1.29, 1.82) is 0 Å². The zero-order valence-corrected chi connectivity index (χ0v) is 14.1. The van der Waals surface area contributed by atoms with E-state index in [1.165, 1.54) is 13.3 Å². The van der Waals surface area contributed by atoms with Gasteiger partial charge in [0.15, 0.2) is 0 Å². The summed E-state index contributed by atoms with van der Waals surface area (Å²) < 4.78 is 10.4. The van der Waals surface area contributed by atoms with E-state index in [0.29, 0.717) is 11.6 Å². The van der Waals surface area contributed by atoms with Gasteiger partial charge in [-0.2, -0.15) is 0 Å². The van der Waals surface area contributed by atoms with Crippen LogP contribution < -0.4 is 10.1 Å². The molecule has 2 rings (SSSR count). The number of benzene rings is 1. The monoisotopic (exact) mass is 337 g/mol. The van der Waals surface area contributed by atoms with Gasteiger partial charge in [0.1, 0.15) is 17.1 Å². The maximum Gasteiger partial charge on any atom is 0.343 e. The highest BCUT2D eigenvalue weighted by atomic mass is 16.5. The predicted molar refractivity (Wildman–Crippen MR) is 98.2 cm³/mol. The van der Waals surface area contributed by atoms with Crippen molar-refractivity contribution in [2.24, 2.45) is 4.99 Å². The van der Waals surface area contributed by atoms with Crippen LogP contribution >= 0.6 is 0 Å². The summed E-state index contributed by atoms with van der Waals surface area (Å²) in [6, 6.07) is 10.4. The molecule has 0 spiro atoms. The first-order chi connectivity index (χ1) is 12.2. The van der Waals surface area contributed by atoms with Gasteiger partial charge < -0.3 is 14.8 Å². The van der Waals surface area contributed by atoms with E-state index in [-0.39, 0.29) is 11.4 Å². The number of nitrogens with one attached hydrogen (secondary N) is 1. The van der Waals surface area contributed by atoms with E-state index in [1.54, 1.807) is 30.5 Å². The number of aromatic nitrogens is 1. The fourth-order valence-electron chi connectivity index (χ4n) is 1.98. The molecule has 0 aliphatic carbocycles. The fourth-order valence-corrected chi connectivity index (χ4v) is 1.98. The summed E-state index contributed by atoms with van der Waals surface area (Å²) in [5.74, 6) is 0.905. The van der Waals surface area contributed by atoms with Crippen molar-refractivity contribution in [3.05, 3.63) is 73.1 Å². The quantitative estimate of drug-likeness (QED) is 0.486. The van der Waals surface area contributed by atoms with Gasteiger partial charge in [0, 0.05) is 18.1 Å². The average molecular weight is 337 g/mol. The van der Waals surface area contributed by atoms with Gasteiger partial charge in [-0.15, -0.1) is 0 Å². The molecule has 6 nitrogen and oxygen atoms in total. The second-order valence-corrected chi connectivity index (χ2v) is 4.80. The second-order valence-electron chi connectivity index (χ2n) is 4.80. The summed E-state index contributed by atoms with van der Waals surface area (Å²) in [6.45, 7) is 5.49. The second kappa shape index (κ2) is 9.02. The number of carbonyl (C=O) groups excluding carboxylic acids is 1. The number of ether oxygens (including phenoxy) is 2. The Morgan fingerprint density at radius 3 is 2.68 bits per heavy atom. The molecule has 1 N–H and O–H groups in total. The SMILES string of the molecule is C=CN=C(/C=C\C)Nc1ccc(Oc2ncccc2C(=O)OC)cc1. The molecule has 0 unspecified atom stereocenters. The molecular formula is C19H19N3O3. The Labute approximate surface area is 146 Å². The van der Waals surface area contributed by atoms with Gasteiger partial charge in [0.2, 0.25) is 5.88 Å². The third-order valence-corrected chi connectivity index (χ3v) is 3.07. The molecule has 0 saturated carbocycles. The number of amidine groups is 1. The van der Waals surface area contributed by atoms with Gasteiger partial charge in [0.25, 0.3) is 0 Å². The number of methoxy groups -OCH3 is 1. The number of nitrogens with zero attached hydrogens (tertiary/aromatic N) is 2. The van der Waals surface area contributed by atoms with Gasteiger partial charge in [-0.25, -0.2) is 14.8 Å². The van der Waals surface area contributed by atoms with Crippen molar-refractivity contribution in [2.45, 2.75) is 6.92 Å². The molecule has 0 saturated heterocycles. The van der Waals surface area contributed by atoms with Crippen LogP contribution in [0.2, 0.25) is 0 Å². The van der Waals surface area contributed by atoms with E-state index in [1.807, 2.05) is 31.2 Å². The average Bonchev–Trinajstić information content (AvgIpc) is 2.63. The van der Waals surface area contributed by atoms with E-state index in [2.05, 4.69) is 21.9 Å². The van der Waals surface area contributed by atoms with Gasteiger partial charge in [0.05, 0.1) is 7.11 Å². The zero-order valence-electron chi connectivity index (χ0n) is 14.1. The van der Waals surface area contributed by atoms with Crippen molar-refractivity contribution in [3.8, 4) is 11.6 Å². The molecule has 0 aliphatic rings. The van der Waals surface area contributed by atoms with E-state index in [4.69, 9.17) is 9.47 Å². The highest BCUT2D eigenvalue weighted by Crippen LogP contribution is 2.24. The van der Waals surface area contributed by atoms with Crippen LogP contribution in [0.15, 0.2) is 72.5 Å². The highest BCUT2D eigenvalue weighted by molar-refractivity contribution is 6.04. The van der Waals surface area contributed by atoms with Gasteiger partial charge in [-0.05, 0) is 49.4 Å². The molecular weight excluding hydrogens is 318 g/mol. The third kappa shape index (κ3) is 5.04. The molecule has 0 aliphatic heterocycles. The number of pyridine rings is 1. The topological polar surface area (TPSA) is 72.8 Å². The number of carbonyl (C=O) groups is 1. The normalized spacial score (nSPS) is 11.2. The first-order valence-electron chi connectivity index (χ1n) is 7.57. The number of aliphatic imine (C=N–C) groups is 1. The molecule has 1 heterocycles. The highest BCUT2D eigenvalue weighted by Gasteiger charge is 2.14. The Bertz CT molecular complexity index is 796. The lowest BCUT2D eigenvalue weighted by Gasteiger charge is -2.10. The zero-order chi connectivity index (χ0) is 18.1. The van der Waals surface area contributed by atoms with Gasteiger partial charge in [-0.3, -0.25) is 0 Å². The lowest BCUT2D eigenvalue weighted by atomic mass is 10.2. The minimum Gasteiger partial charge on any atom is -0.465 e. The lowest BCUT2D eigenvalue weighted by Crippen LogP contribution is -2.08. The minimum absolute atomic E-state index is 0.192. The number of hydrogen-bond donors (Lipinski definition) is 1. The number of anilines is 1. The Morgan fingerprint density at radius 1 is 1.28 bits per heavy atom. The maximum absolute atomic E-state index is 11.7. The number of esters is 1. The summed E-state index contributed by atoms with van der Waals surface area (Å²) >= 11 is 0. The number of allylic oxidation sites excluding steroid dienone is 1. The van der Waals surface area contributed by atoms with Crippen LogP contribution in [0.3, 0.4) is 0 Å². The molecule has 128 valence electrons. The summed E-state index contributed by atoms with van der Waals surface area (Å²) in [5.41, 5.74) is 1.10. The van der Waals surface area contributed by atoms with Crippen LogP contribution in [0, 0.1) is 0 Å². The maximum atomic E-state index is 11.7. The molecule has 1 aromatic heterocycles. The van der Waals surface area contributed by atoms with Gasteiger partial charge >= 0.3 is 5.97 Å². The van der Waals surface area contributed by atoms with Crippen LogP contribution in [0.25, 0.3) is 0 Å².